The van der Waals surface area contributed by atoms with Gasteiger partial charge in [-0.3, -0.25) is 0 Å². The molecule has 1 aromatic rings. The molecule has 0 atom stereocenters. The van der Waals surface area contributed by atoms with Gasteiger partial charge in [0, 0.05) is 30.9 Å². The van der Waals surface area contributed by atoms with Gasteiger partial charge in [0.05, 0.1) is 0 Å². The van der Waals surface area contributed by atoms with Crippen LogP contribution in [0, 0.1) is 6.92 Å². The van der Waals surface area contributed by atoms with Crippen LogP contribution in [0.15, 0.2) is 18.2 Å². The summed E-state index contributed by atoms with van der Waals surface area (Å²) in [6.45, 7) is 11.0. The molecule has 0 spiro atoms. The second-order valence-corrected chi connectivity index (χ2v) is 7.26. The maximum atomic E-state index is 5.68. The van der Waals surface area contributed by atoms with Gasteiger partial charge in [0.25, 0.3) is 0 Å². The summed E-state index contributed by atoms with van der Waals surface area (Å²) in [5, 5.41) is 4.38. The number of nitrogens with one attached hydrogen (secondary N) is 1. The molecule has 0 radical (unpaired) electrons. The predicted octanol–water partition coefficient (Wildman–Crippen LogP) is 4.06. The molecule has 2 rings (SSSR count). The molecule has 128 valence electrons. The molecule has 0 amide bonds. The number of piperidine rings is 1. The Kier molecular flexibility index (Phi) is 6.42. The van der Waals surface area contributed by atoms with Crippen LogP contribution in [0.3, 0.4) is 0 Å². The Labute approximate surface area is 147 Å². The molecule has 3 nitrogen and oxygen atoms in total. The molecule has 1 heterocycles. The molecular weight excluding hydrogens is 302 g/mol. The molecule has 0 aliphatic carbocycles. The number of para-hydroxylation sites is 1. The number of anilines is 1. The molecule has 0 bridgehead atoms. The minimum Gasteiger partial charge on any atom is -0.349 e. The third-order valence-electron chi connectivity index (χ3n) is 5.11. The summed E-state index contributed by atoms with van der Waals surface area (Å²) < 4.78 is 0. The molecule has 1 N–H and O–H groups in total. The molecule has 1 fully saturated rings. The number of rotatable bonds is 4. The zero-order chi connectivity index (χ0) is 17.0. The van der Waals surface area contributed by atoms with Crippen molar-refractivity contribution in [3.05, 3.63) is 29.3 Å². The molecule has 0 unspecified atom stereocenters. The standard InChI is InChI=1S/C19H31N3S/c1-6-16-9-7-8-15(4)18(16)20-19(23)22-12-10-17(11-13-22)21(5)14(2)3/h7-9,14,17H,6,10-13H2,1-5H3,(H,20,23). The Hall–Kier alpha value is -1.13. The largest absolute Gasteiger partial charge is 0.349 e. The van der Waals surface area contributed by atoms with Gasteiger partial charge >= 0.3 is 0 Å². The van der Waals surface area contributed by atoms with Crippen LogP contribution in [-0.4, -0.2) is 47.1 Å². The SMILES string of the molecule is CCc1cccc(C)c1NC(=S)N1CCC(N(C)C(C)C)CC1. The summed E-state index contributed by atoms with van der Waals surface area (Å²) in [6, 6.07) is 7.74. The number of thiocarbonyl (C=S) groups is 1. The zero-order valence-electron chi connectivity index (χ0n) is 15.2. The molecule has 1 aromatic carbocycles. The van der Waals surface area contributed by atoms with E-state index in [0.29, 0.717) is 12.1 Å². The minimum atomic E-state index is 0.607. The van der Waals surface area contributed by atoms with Crippen molar-refractivity contribution in [2.24, 2.45) is 0 Å². The maximum absolute atomic E-state index is 5.68. The van der Waals surface area contributed by atoms with E-state index in [1.54, 1.807) is 0 Å². The van der Waals surface area contributed by atoms with Gasteiger partial charge in [-0.25, -0.2) is 0 Å². The first-order valence-electron chi connectivity index (χ1n) is 8.80. The van der Waals surface area contributed by atoms with E-state index in [1.165, 1.54) is 29.7 Å². The molecule has 1 saturated heterocycles. The Morgan fingerprint density at radius 2 is 2.00 bits per heavy atom. The topological polar surface area (TPSA) is 18.5 Å². The molecule has 1 aliphatic rings. The van der Waals surface area contributed by atoms with Crippen molar-refractivity contribution in [3.8, 4) is 0 Å². The van der Waals surface area contributed by atoms with Crippen molar-refractivity contribution in [1.29, 1.82) is 0 Å². The second-order valence-electron chi connectivity index (χ2n) is 6.87. The lowest BCUT2D eigenvalue weighted by molar-refractivity contribution is 0.136. The monoisotopic (exact) mass is 333 g/mol. The lowest BCUT2D eigenvalue weighted by Gasteiger charge is -2.39. The molecule has 4 heteroatoms. The van der Waals surface area contributed by atoms with Crippen molar-refractivity contribution in [2.75, 3.05) is 25.5 Å². The normalized spacial score (nSPS) is 16.2. The van der Waals surface area contributed by atoms with Crippen LogP contribution in [0.4, 0.5) is 5.69 Å². The highest BCUT2D eigenvalue weighted by atomic mass is 32.1. The van der Waals surface area contributed by atoms with Gasteiger partial charge in [-0.1, -0.05) is 25.1 Å². The second kappa shape index (κ2) is 8.11. The quantitative estimate of drug-likeness (QED) is 0.837. The van der Waals surface area contributed by atoms with E-state index in [-0.39, 0.29) is 0 Å². The third kappa shape index (κ3) is 4.45. The van der Waals surface area contributed by atoms with E-state index >= 15 is 0 Å². The minimum absolute atomic E-state index is 0.607. The average Bonchev–Trinajstić information content (AvgIpc) is 2.55. The maximum Gasteiger partial charge on any atom is 0.173 e. The van der Waals surface area contributed by atoms with Crippen LogP contribution in [-0.2, 0) is 6.42 Å². The predicted molar refractivity (Wildman–Crippen MR) is 104 cm³/mol. The summed E-state index contributed by atoms with van der Waals surface area (Å²) >= 11 is 5.68. The fourth-order valence-electron chi connectivity index (χ4n) is 3.29. The summed E-state index contributed by atoms with van der Waals surface area (Å²) in [7, 11) is 2.24. The average molecular weight is 334 g/mol. The van der Waals surface area contributed by atoms with E-state index < -0.39 is 0 Å². The first-order chi connectivity index (χ1) is 10.9. The summed E-state index contributed by atoms with van der Waals surface area (Å²) in [4.78, 5) is 4.82. The third-order valence-corrected chi connectivity index (χ3v) is 5.47. The van der Waals surface area contributed by atoms with Gasteiger partial charge in [0.15, 0.2) is 5.11 Å². The van der Waals surface area contributed by atoms with E-state index in [0.717, 1.165) is 24.6 Å². The van der Waals surface area contributed by atoms with Gasteiger partial charge < -0.3 is 15.1 Å². The highest BCUT2D eigenvalue weighted by Gasteiger charge is 2.25. The van der Waals surface area contributed by atoms with Gasteiger partial charge in [-0.2, -0.15) is 0 Å². The number of likely N-dealkylation sites (tertiary alicyclic amines) is 1. The highest BCUT2D eigenvalue weighted by Crippen LogP contribution is 2.23. The van der Waals surface area contributed by atoms with Crippen LogP contribution < -0.4 is 5.32 Å². The Morgan fingerprint density at radius 1 is 1.35 bits per heavy atom. The molecule has 0 saturated carbocycles. The number of hydrogen-bond donors (Lipinski definition) is 1. The lowest BCUT2D eigenvalue weighted by Crippen LogP contribution is -2.48. The molecule has 1 aliphatic heterocycles. The van der Waals surface area contributed by atoms with Gasteiger partial charge in [0.1, 0.15) is 0 Å². The van der Waals surface area contributed by atoms with Crippen LogP contribution in [0.1, 0.15) is 44.7 Å². The zero-order valence-corrected chi connectivity index (χ0v) is 16.0. The summed E-state index contributed by atoms with van der Waals surface area (Å²) in [6.07, 6.45) is 3.39. The van der Waals surface area contributed by atoms with Crippen LogP contribution in [0.5, 0.6) is 0 Å². The van der Waals surface area contributed by atoms with E-state index in [9.17, 15) is 0 Å². The Morgan fingerprint density at radius 3 is 2.57 bits per heavy atom. The Bertz CT molecular complexity index is 533. The fourth-order valence-corrected chi connectivity index (χ4v) is 3.57. The first kappa shape index (κ1) is 18.2. The van der Waals surface area contributed by atoms with E-state index in [2.05, 4.69) is 68.1 Å². The smallest absolute Gasteiger partial charge is 0.173 e. The number of benzene rings is 1. The first-order valence-corrected chi connectivity index (χ1v) is 9.21. The Balaban J connectivity index is 1.96. The summed E-state index contributed by atoms with van der Waals surface area (Å²) in [5.74, 6) is 0. The van der Waals surface area contributed by atoms with Crippen molar-refractivity contribution in [3.63, 3.8) is 0 Å². The lowest BCUT2D eigenvalue weighted by atomic mass is 10.0. The van der Waals surface area contributed by atoms with Crippen molar-refractivity contribution in [2.45, 2.75) is 59.0 Å². The van der Waals surface area contributed by atoms with Crippen molar-refractivity contribution in [1.82, 2.24) is 9.80 Å². The summed E-state index contributed by atoms with van der Waals surface area (Å²) in [5.41, 5.74) is 3.80. The molecule has 23 heavy (non-hydrogen) atoms. The van der Waals surface area contributed by atoms with Crippen molar-refractivity contribution >= 4 is 23.0 Å². The van der Waals surface area contributed by atoms with E-state index in [1.807, 2.05) is 0 Å². The number of aryl methyl sites for hydroxylation is 2. The highest BCUT2D eigenvalue weighted by molar-refractivity contribution is 7.80. The van der Waals surface area contributed by atoms with Crippen LogP contribution >= 0.6 is 12.2 Å². The number of hydrogen-bond acceptors (Lipinski definition) is 2. The van der Waals surface area contributed by atoms with E-state index in [4.69, 9.17) is 12.2 Å². The van der Waals surface area contributed by atoms with Gasteiger partial charge in [-0.15, -0.1) is 0 Å². The van der Waals surface area contributed by atoms with Gasteiger partial charge in [-0.05, 0) is 70.4 Å². The van der Waals surface area contributed by atoms with Gasteiger partial charge in [0.2, 0.25) is 0 Å². The van der Waals surface area contributed by atoms with Crippen LogP contribution in [0.25, 0.3) is 0 Å². The fraction of sp³-hybridized carbons (Fsp3) is 0.632. The van der Waals surface area contributed by atoms with Crippen molar-refractivity contribution < 1.29 is 0 Å². The number of nitrogens with zero attached hydrogens (tertiary/aromatic N) is 2. The molecular formula is C19H31N3S. The van der Waals surface area contributed by atoms with Crippen LogP contribution in [0.2, 0.25) is 0 Å². The molecule has 0 aromatic heterocycles.